The van der Waals surface area contributed by atoms with Crippen molar-refractivity contribution >= 4 is 11.6 Å². The van der Waals surface area contributed by atoms with Gasteiger partial charge >= 0.3 is 6.18 Å². The Labute approximate surface area is 114 Å². The Kier molecular flexibility index (Phi) is 4.38. The van der Waals surface area contributed by atoms with Crippen molar-refractivity contribution in [3.05, 3.63) is 34.9 Å². The molecule has 1 fully saturated rings. The van der Waals surface area contributed by atoms with Gasteiger partial charge < -0.3 is 10.1 Å². The first kappa shape index (κ1) is 14.6. The Hall–Kier alpha value is -0.780. The van der Waals surface area contributed by atoms with Gasteiger partial charge in [0.25, 0.3) is 0 Å². The molecule has 1 aromatic carbocycles. The van der Waals surface area contributed by atoms with E-state index in [9.17, 15) is 13.2 Å². The Morgan fingerprint density at radius 2 is 1.84 bits per heavy atom. The van der Waals surface area contributed by atoms with Gasteiger partial charge in [-0.2, -0.15) is 13.2 Å². The van der Waals surface area contributed by atoms with Crippen LogP contribution in [0.2, 0.25) is 5.02 Å². The van der Waals surface area contributed by atoms with Gasteiger partial charge in [-0.15, -0.1) is 0 Å². The first-order chi connectivity index (χ1) is 8.91. The third kappa shape index (κ3) is 3.84. The maximum absolute atomic E-state index is 12.0. The summed E-state index contributed by atoms with van der Waals surface area (Å²) in [7, 11) is 0. The lowest BCUT2D eigenvalue weighted by Crippen LogP contribution is -2.57. The van der Waals surface area contributed by atoms with Crippen LogP contribution in [-0.4, -0.2) is 32.5 Å². The molecule has 2 rings (SSSR count). The smallest absolute Gasteiger partial charge is 0.372 e. The van der Waals surface area contributed by atoms with Gasteiger partial charge in [-0.05, 0) is 24.1 Å². The summed E-state index contributed by atoms with van der Waals surface area (Å²) < 4.78 is 40.7. The van der Waals surface area contributed by atoms with Crippen molar-refractivity contribution in [1.29, 1.82) is 0 Å². The van der Waals surface area contributed by atoms with Crippen LogP contribution in [0.5, 0.6) is 0 Å². The lowest BCUT2D eigenvalue weighted by atomic mass is 9.73. The quantitative estimate of drug-likeness (QED) is 0.842. The lowest BCUT2D eigenvalue weighted by molar-refractivity contribution is -0.175. The van der Waals surface area contributed by atoms with Gasteiger partial charge in [0.2, 0.25) is 0 Å². The molecule has 1 aliphatic heterocycles. The zero-order valence-electron chi connectivity index (χ0n) is 10.3. The minimum Gasteiger partial charge on any atom is -0.372 e. The Balaban J connectivity index is 1.90. The van der Waals surface area contributed by atoms with Crippen LogP contribution < -0.4 is 5.32 Å². The van der Waals surface area contributed by atoms with Gasteiger partial charge in [0, 0.05) is 30.1 Å². The number of halogens is 4. The first-order valence-electron chi connectivity index (χ1n) is 6.03. The lowest BCUT2D eigenvalue weighted by Gasteiger charge is -2.43. The predicted octanol–water partition coefficient (Wildman–Crippen LogP) is 3.15. The Bertz CT molecular complexity index is 415. The second-order valence-electron chi connectivity index (χ2n) is 4.81. The molecule has 19 heavy (non-hydrogen) atoms. The minimum atomic E-state index is -4.26. The van der Waals surface area contributed by atoms with Crippen LogP contribution in [0, 0.1) is 0 Å². The van der Waals surface area contributed by atoms with Crippen LogP contribution in [-0.2, 0) is 10.2 Å². The van der Waals surface area contributed by atoms with Crippen molar-refractivity contribution in [2.75, 3.05) is 26.3 Å². The fourth-order valence-corrected chi connectivity index (χ4v) is 2.34. The number of hydrogen-bond acceptors (Lipinski definition) is 2. The van der Waals surface area contributed by atoms with Crippen LogP contribution in [0.4, 0.5) is 13.2 Å². The van der Waals surface area contributed by atoms with E-state index in [1.54, 1.807) is 12.1 Å². The highest BCUT2D eigenvalue weighted by Crippen LogP contribution is 2.33. The van der Waals surface area contributed by atoms with Crippen LogP contribution in [0.1, 0.15) is 12.0 Å². The molecule has 2 nitrogen and oxygen atoms in total. The minimum absolute atomic E-state index is 0.101. The van der Waals surface area contributed by atoms with E-state index < -0.39 is 12.8 Å². The molecule has 0 aromatic heterocycles. The van der Waals surface area contributed by atoms with E-state index in [0.717, 1.165) is 18.7 Å². The van der Waals surface area contributed by atoms with Gasteiger partial charge in [-0.1, -0.05) is 23.7 Å². The molecule has 0 amide bonds. The molecule has 1 saturated heterocycles. The Morgan fingerprint density at radius 3 is 2.32 bits per heavy atom. The molecule has 0 atom stereocenters. The molecule has 106 valence electrons. The zero-order chi connectivity index (χ0) is 13.9. The molecular weight excluding hydrogens is 279 g/mol. The fraction of sp³-hybridized carbons (Fsp3) is 0.538. The number of ether oxygens (including phenoxy) is 1. The van der Waals surface area contributed by atoms with E-state index in [4.69, 9.17) is 16.3 Å². The first-order valence-corrected chi connectivity index (χ1v) is 6.40. The third-order valence-corrected chi connectivity index (χ3v) is 3.63. The van der Waals surface area contributed by atoms with Gasteiger partial charge in [-0.25, -0.2) is 0 Å². The highest BCUT2D eigenvalue weighted by molar-refractivity contribution is 6.30. The van der Waals surface area contributed by atoms with Gasteiger partial charge in [-0.3, -0.25) is 0 Å². The zero-order valence-corrected chi connectivity index (χ0v) is 11.0. The molecule has 1 aliphatic rings. The van der Waals surface area contributed by atoms with Crippen molar-refractivity contribution in [1.82, 2.24) is 5.32 Å². The van der Waals surface area contributed by atoms with E-state index in [-0.39, 0.29) is 12.0 Å². The largest absolute Gasteiger partial charge is 0.411 e. The van der Waals surface area contributed by atoms with Crippen LogP contribution >= 0.6 is 11.6 Å². The molecule has 0 saturated carbocycles. The van der Waals surface area contributed by atoms with E-state index in [0.29, 0.717) is 11.4 Å². The average molecular weight is 294 g/mol. The maximum Gasteiger partial charge on any atom is 0.411 e. The highest BCUT2D eigenvalue weighted by Gasteiger charge is 2.38. The summed E-state index contributed by atoms with van der Waals surface area (Å²) in [5.41, 5.74) is 0.960. The van der Waals surface area contributed by atoms with E-state index in [2.05, 4.69) is 5.32 Å². The van der Waals surface area contributed by atoms with Crippen molar-refractivity contribution in [3.8, 4) is 0 Å². The molecule has 0 bridgehead atoms. The molecule has 1 N–H and O–H groups in total. The molecule has 0 aliphatic carbocycles. The standard InChI is InChI=1S/C13H15ClF3NO/c14-11-3-1-10(2-4-11)12(7-18-8-12)5-6-19-9-13(15,16)17/h1-4,18H,5-9H2. The van der Waals surface area contributed by atoms with Crippen LogP contribution in [0.3, 0.4) is 0 Å². The second kappa shape index (κ2) is 5.69. The summed E-state index contributed by atoms with van der Waals surface area (Å²) >= 11 is 5.83. The second-order valence-corrected chi connectivity index (χ2v) is 5.24. The fourth-order valence-electron chi connectivity index (χ4n) is 2.21. The summed E-state index contributed by atoms with van der Waals surface area (Å²) in [5, 5.41) is 3.81. The molecule has 1 heterocycles. The van der Waals surface area contributed by atoms with Crippen LogP contribution in [0.25, 0.3) is 0 Å². The number of rotatable bonds is 5. The van der Waals surface area contributed by atoms with E-state index in [1.165, 1.54) is 0 Å². The summed E-state index contributed by atoms with van der Waals surface area (Å²) in [6.07, 6.45) is -3.69. The van der Waals surface area contributed by atoms with Gasteiger partial charge in [0.1, 0.15) is 6.61 Å². The van der Waals surface area contributed by atoms with Crippen molar-refractivity contribution < 1.29 is 17.9 Å². The van der Waals surface area contributed by atoms with Crippen molar-refractivity contribution in [3.63, 3.8) is 0 Å². The molecule has 0 spiro atoms. The maximum atomic E-state index is 12.0. The van der Waals surface area contributed by atoms with Crippen LogP contribution in [0.15, 0.2) is 24.3 Å². The molecule has 6 heteroatoms. The Morgan fingerprint density at radius 1 is 1.21 bits per heavy atom. The average Bonchev–Trinajstić information content (AvgIpc) is 2.27. The molecule has 0 radical (unpaired) electrons. The summed E-state index contributed by atoms with van der Waals surface area (Å²) in [6, 6.07) is 7.45. The SMILES string of the molecule is FC(F)(F)COCCC1(c2ccc(Cl)cc2)CNC1. The van der Waals surface area contributed by atoms with Crippen molar-refractivity contribution in [2.24, 2.45) is 0 Å². The van der Waals surface area contributed by atoms with Gasteiger partial charge in [0.05, 0.1) is 0 Å². The molecule has 0 unspecified atom stereocenters. The molecular formula is C13H15ClF3NO. The number of hydrogen-bond donors (Lipinski definition) is 1. The number of alkyl halides is 3. The summed E-state index contributed by atoms with van der Waals surface area (Å²) in [6.45, 7) is 0.426. The van der Waals surface area contributed by atoms with Gasteiger partial charge in [0.15, 0.2) is 0 Å². The number of nitrogens with one attached hydrogen (secondary N) is 1. The predicted molar refractivity (Wildman–Crippen MR) is 67.5 cm³/mol. The molecule has 1 aromatic rings. The summed E-state index contributed by atoms with van der Waals surface area (Å²) in [4.78, 5) is 0. The van der Waals surface area contributed by atoms with Crippen molar-refractivity contribution in [2.45, 2.75) is 18.0 Å². The van der Waals surface area contributed by atoms with E-state index >= 15 is 0 Å². The summed E-state index contributed by atoms with van der Waals surface area (Å²) in [5.74, 6) is 0. The van der Waals surface area contributed by atoms with E-state index in [1.807, 2.05) is 12.1 Å². The third-order valence-electron chi connectivity index (χ3n) is 3.37. The monoisotopic (exact) mass is 293 g/mol. The topological polar surface area (TPSA) is 21.3 Å². The highest BCUT2D eigenvalue weighted by atomic mass is 35.5. The normalized spacial score (nSPS) is 18.1. The number of benzene rings is 1.